The number of rotatable bonds is 7. The zero-order valence-corrected chi connectivity index (χ0v) is 12.9. The van der Waals surface area contributed by atoms with Gasteiger partial charge in [-0.2, -0.15) is 8.42 Å². The van der Waals surface area contributed by atoms with E-state index < -0.39 is 15.9 Å². The van der Waals surface area contributed by atoms with Crippen LogP contribution in [0.3, 0.4) is 0 Å². The summed E-state index contributed by atoms with van der Waals surface area (Å²) in [5.74, 6) is -0.436. The molecular formula is C13H21N3O3S. The summed E-state index contributed by atoms with van der Waals surface area (Å²) >= 11 is 0. The minimum atomic E-state index is -3.93. The monoisotopic (exact) mass is 299 g/mol. The van der Waals surface area contributed by atoms with Gasteiger partial charge >= 0.3 is 0 Å². The van der Waals surface area contributed by atoms with Gasteiger partial charge in [-0.1, -0.05) is 27.2 Å². The summed E-state index contributed by atoms with van der Waals surface area (Å²) in [5, 5.41) is -0.242. The van der Waals surface area contributed by atoms with E-state index in [0.29, 0.717) is 18.8 Å². The maximum atomic E-state index is 12.1. The number of amides is 1. The molecule has 0 aromatic carbocycles. The summed E-state index contributed by atoms with van der Waals surface area (Å²) < 4.78 is 26.1. The number of aromatic nitrogens is 2. The fourth-order valence-corrected chi connectivity index (χ4v) is 2.90. The van der Waals surface area contributed by atoms with Crippen LogP contribution in [0.15, 0.2) is 23.6 Å². The van der Waals surface area contributed by atoms with Crippen LogP contribution in [-0.4, -0.2) is 24.3 Å². The van der Waals surface area contributed by atoms with Gasteiger partial charge in [-0.25, -0.2) is 9.71 Å². The molecule has 20 heavy (non-hydrogen) atoms. The van der Waals surface area contributed by atoms with Gasteiger partial charge in [-0.15, -0.1) is 0 Å². The molecule has 0 aliphatic heterocycles. The van der Waals surface area contributed by atoms with Crippen molar-refractivity contribution in [1.29, 1.82) is 0 Å². The summed E-state index contributed by atoms with van der Waals surface area (Å²) in [5.41, 5.74) is 0. The average Bonchev–Trinajstić information content (AvgIpc) is 2.38. The lowest BCUT2D eigenvalue weighted by atomic mass is 9.93. The Morgan fingerprint density at radius 3 is 2.55 bits per heavy atom. The van der Waals surface area contributed by atoms with Crippen LogP contribution in [0.1, 0.15) is 40.0 Å². The fraction of sp³-hybridized carbons (Fsp3) is 0.615. The largest absolute Gasteiger partial charge is 0.283 e. The van der Waals surface area contributed by atoms with Crippen molar-refractivity contribution in [3.63, 3.8) is 0 Å². The molecule has 7 heteroatoms. The van der Waals surface area contributed by atoms with Crippen molar-refractivity contribution in [3.05, 3.63) is 18.6 Å². The minimum Gasteiger partial charge on any atom is -0.274 e. The van der Waals surface area contributed by atoms with Gasteiger partial charge in [-0.3, -0.25) is 9.78 Å². The number of nitrogens with one attached hydrogen (secondary N) is 1. The van der Waals surface area contributed by atoms with Crippen molar-refractivity contribution in [2.24, 2.45) is 11.8 Å². The van der Waals surface area contributed by atoms with Gasteiger partial charge in [0.25, 0.3) is 10.0 Å². The first kappa shape index (κ1) is 16.6. The van der Waals surface area contributed by atoms with Crippen molar-refractivity contribution in [1.82, 2.24) is 14.7 Å². The Labute approximate surface area is 120 Å². The number of carbonyl (C=O) groups excluding carboxylic acids is 1. The Morgan fingerprint density at radius 1 is 1.35 bits per heavy atom. The van der Waals surface area contributed by atoms with Crippen LogP contribution in [0.2, 0.25) is 0 Å². The van der Waals surface area contributed by atoms with E-state index in [1.165, 1.54) is 12.4 Å². The van der Waals surface area contributed by atoms with E-state index in [9.17, 15) is 13.2 Å². The maximum absolute atomic E-state index is 12.1. The van der Waals surface area contributed by atoms with Crippen molar-refractivity contribution in [2.45, 2.75) is 45.1 Å². The molecular weight excluding hydrogens is 278 g/mol. The van der Waals surface area contributed by atoms with Crippen LogP contribution in [0, 0.1) is 11.8 Å². The SMILES string of the molecule is CCCC(CC(C)C)C(=O)NS(=O)(=O)c1cnccn1. The number of nitrogens with zero attached hydrogens (tertiary/aromatic N) is 2. The van der Waals surface area contributed by atoms with Gasteiger partial charge < -0.3 is 0 Å². The highest BCUT2D eigenvalue weighted by Gasteiger charge is 2.25. The second kappa shape index (κ2) is 7.33. The Balaban J connectivity index is 2.82. The predicted octanol–water partition coefficient (Wildman–Crippen LogP) is 1.74. The summed E-state index contributed by atoms with van der Waals surface area (Å²) in [6.45, 7) is 5.98. The summed E-state index contributed by atoms with van der Waals surface area (Å²) in [7, 11) is -3.93. The minimum absolute atomic E-state index is 0.242. The second-order valence-electron chi connectivity index (χ2n) is 5.13. The van der Waals surface area contributed by atoms with E-state index in [2.05, 4.69) is 14.7 Å². The number of sulfonamides is 1. The van der Waals surface area contributed by atoms with Crippen LogP contribution in [-0.2, 0) is 14.8 Å². The maximum Gasteiger partial charge on any atom is 0.283 e. The normalized spacial score (nSPS) is 13.2. The molecule has 0 radical (unpaired) electrons. The molecule has 1 N–H and O–H groups in total. The molecule has 1 heterocycles. The van der Waals surface area contributed by atoms with E-state index in [-0.39, 0.29) is 10.9 Å². The summed E-state index contributed by atoms with van der Waals surface area (Å²) in [6, 6.07) is 0. The van der Waals surface area contributed by atoms with E-state index >= 15 is 0 Å². The van der Waals surface area contributed by atoms with Crippen LogP contribution in [0.4, 0.5) is 0 Å². The van der Waals surface area contributed by atoms with Crippen LogP contribution in [0.25, 0.3) is 0 Å². The second-order valence-corrected chi connectivity index (χ2v) is 6.76. The number of hydrogen-bond acceptors (Lipinski definition) is 5. The molecule has 0 saturated heterocycles. The number of carbonyl (C=O) groups is 1. The molecule has 1 atom stereocenters. The number of hydrogen-bond donors (Lipinski definition) is 1. The molecule has 0 fully saturated rings. The highest BCUT2D eigenvalue weighted by Crippen LogP contribution is 2.18. The van der Waals surface area contributed by atoms with Crippen molar-refractivity contribution < 1.29 is 13.2 Å². The molecule has 6 nitrogen and oxygen atoms in total. The quantitative estimate of drug-likeness (QED) is 0.828. The fourth-order valence-electron chi connectivity index (χ4n) is 1.97. The van der Waals surface area contributed by atoms with Gasteiger partial charge in [0.15, 0.2) is 5.03 Å². The van der Waals surface area contributed by atoms with Gasteiger partial charge in [0.05, 0.1) is 6.20 Å². The van der Waals surface area contributed by atoms with Crippen LogP contribution >= 0.6 is 0 Å². The third kappa shape index (κ3) is 4.88. The first-order chi connectivity index (χ1) is 9.36. The van der Waals surface area contributed by atoms with Crippen molar-refractivity contribution in [3.8, 4) is 0 Å². The molecule has 1 unspecified atom stereocenters. The molecule has 0 spiro atoms. The van der Waals surface area contributed by atoms with Gasteiger partial charge in [0, 0.05) is 18.3 Å². The Morgan fingerprint density at radius 2 is 2.05 bits per heavy atom. The molecule has 0 bridgehead atoms. The molecule has 1 amide bonds. The Hall–Kier alpha value is -1.50. The molecule has 1 aromatic heterocycles. The molecule has 112 valence electrons. The van der Waals surface area contributed by atoms with Gasteiger partial charge in [0.1, 0.15) is 0 Å². The smallest absolute Gasteiger partial charge is 0.274 e. The molecule has 1 aromatic rings. The van der Waals surface area contributed by atoms with Gasteiger partial charge in [-0.05, 0) is 18.8 Å². The summed E-state index contributed by atoms with van der Waals surface area (Å²) in [4.78, 5) is 19.5. The molecule has 0 aliphatic carbocycles. The third-order valence-corrected chi connectivity index (χ3v) is 4.05. The van der Waals surface area contributed by atoms with Crippen molar-refractivity contribution >= 4 is 15.9 Å². The zero-order chi connectivity index (χ0) is 15.2. The van der Waals surface area contributed by atoms with Crippen LogP contribution < -0.4 is 4.72 Å². The van der Waals surface area contributed by atoms with E-state index in [0.717, 1.165) is 12.6 Å². The third-order valence-electron chi connectivity index (χ3n) is 2.81. The van der Waals surface area contributed by atoms with Gasteiger partial charge in [0.2, 0.25) is 5.91 Å². The lowest BCUT2D eigenvalue weighted by Gasteiger charge is -2.17. The Bertz CT molecular complexity index is 529. The highest BCUT2D eigenvalue weighted by atomic mass is 32.2. The molecule has 0 saturated carbocycles. The average molecular weight is 299 g/mol. The van der Waals surface area contributed by atoms with E-state index in [1.807, 2.05) is 20.8 Å². The lowest BCUT2D eigenvalue weighted by Crippen LogP contribution is -2.36. The topological polar surface area (TPSA) is 89.0 Å². The predicted molar refractivity (Wildman–Crippen MR) is 75.2 cm³/mol. The van der Waals surface area contributed by atoms with Crippen LogP contribution in [0.5, 0.6) is 0 Å². The molecule has 0 aliphatic rings. The first-order valence-electron chi connectivity index (χ1n) is 6.69. The zero-order valence-electron chi connectivity index (χ0n) is 12.0. The summed E-state index contributed by atoms with van der Waals surface area (Å²) in [6.07, 6.45) is 5.93. The molecule has 1 rings (SSSR count). The lowest BCUT2D eigenvalue weighted by molar-refractivity contribution is -0.123. The standard InChI is InChI=1S/C13H21N3O3S/c1-4-5-11(8-10(2)3)13(17)16-20(18,19)12-9-14-6-7-15-12/h6-7,9-11H,4-5,8H2,1-3H3,(H,16,17). The first-order valence-corrected chi connectivity index (χ1v) is 8.17. The van der Waals surface area contributed by atoms with E-state index in [4.69, 9.17) is 0 Å². The Kier molecular flexibility index (Phi) is 6.06. The highest BCUT2D eigenvalue weighted by molar-refractivity contribution is 7.90. The van der Waals surface area contributed by atoms with E-state index in [1.54, 1.807) is 0 Å². The van der Waals surface area contributed by atoms with Crippen molar-refractivity contribution in [2.75, 3.05) is 0 Å².